The highest BCUT2D eigenvalue weighted by molar-refractivity contribution is 6.62. The first-order chi connectivity index (χ1) is 14.3. The summed E-state index contributed by atoms with van der Waals surface area (Å²) in [5, 5.41) is 12.8. The van der Waals surface area contributed by atoms with Gasteiger partial charge in [0.1, 0.15) is 12.6 Å². The fourth-order valence-corrected chi connectivity index (χ4v) is 3.89. The van der Waals surface area contributed by atoms with E-state index in [2.05, 4.69) is 10.2 Å². The number of hydrogen-bond acceptors (Lipinski definition) is 7. The van der Waals surface area contributed by atoms with Gasteiger partial charge in [-0.05, 0) is 42.4 Å². The van der Waals surface area contributed by atoms with E-state index in [4.69, 9.17) is 14.1 Å². The van der Waals surface area contributed by atoms with Crippen molar-refractivity contribution >= 4 is 24.5 Å². The Morgan fingerprint density at radius 3 is 2.63 bits per heavy atom. The van der Waals surface area contributed by atoms with Gasteiger partial charge in [-0.3, -0.25) is 9.69 Å². The molecule has 1 unspecified atom stereocenters. The number of carbonyl (C=O) groups is 2. The first-order valence-corrected chi connectivity index (χ1v) is 10.5. The molecular formula is C21H31BN2O6. The van der Waals surface area contributed by atoms with E-state index < -0.39 is 19.1 Å². The van der Waals surface area contributed by atoms with Gasteiger partial charge < -0.3 is 24.5 Å². The number of fused-ring (bicyclic) bond motifs is 1. The van der Waals surface area contributed by atoms with E-state index in [1.807, 2.05) is 20.8 Å². The Morgan fingerprint density at radius 2 is 1.97 bits per heavy atom. The average molecular weight is 418 g/mol. The maximum absolute atomic E-state index is 12.9. The molecule has 0 aromatic heterocycles. The summed E-state index contributed by atoms with van der Waals surface area (Å²) in [4.78, 5) is 27.9. The predicted molar refractivity (Wildman–Crippen MR) is 112 cm³/mol. The van der Waals surface area contributed by atoms with Gasteiger partial charge in [-0.2, -0.15) is 0 Å². The molecule has 2 N–H and O–H groups in total. The Labute approximate surface area is 178 Å². The molecule has 1 saturated heterocycles. The fraction of sp³-hybridized carbons (Fsp3) is 0.619. The van der Waals surface area contributed by atoms with Crippen LogP contribution in [0.1, 0.15) is 42.3 Å². The molecular weight excluding hydrogens is 387 g/mol. The molecule has 1 fully saturated rings. The molecule has 2 atom stereocenters. The monoisotopic (exact) mass is 418 g/mol. The average Bonchev–Trinajstić information content (AvgIpc) is 3.12. The van der Waals surface area contributed by atoms with Crippen molar-refractivity contribution in [1.82, 2.24) is 10.2 Å². The molecule has 0 aliphatic carbocycles. The molecule has 164 valence electrons. The van der Waals surface area contributed by atoms with Crippen LogP contribution in [0.25, 0.3) is 0 Å². The van der Waals surface area contributed by atoms with Crippen LogP contribution in [0.2, 0.25) is 0 Å². The quantitative estimate of drug-likeness (QED) is 0.483. The lowest BCUT2D eigenvalue weighted by molar-refractivity contribution is -0.149. The molecule has 2 aliphatic rings. The second-order valence-electron chi connectivity index (χ2n) is 8.30. The van der Waals surface area contributed by atoms with E-state index in [9.17, 15) is 14.6 Å². The van der Waals surface area contributed by atoms with E-state index in [1.165, 1.54) is 0 Å². The Balaban J connectivity index is 1.63. The number of rotatable bonds is 7. The van der Waals surface area contributed by atoms with Gasteiger partial charge in [0.2, 0.25) is 0 Å². The largest absolute Gasteiger partial charge is 0.492 e. The summed E-state index contributed by atoms with van der Waals surface area (Å²) < 4.78 is 16.1. The van der Waals surface area contributed by atoms with Crippen LogP contribution in [0.15, 0.2) is 12.1 Å². The minimum atomic E-state index is -1.03. The van der Waals surface area contributed by atoms with Gasteiger partial charge in [-0.1, -0.05) is 19.9 Å². The van der Waals surface area contributed by atoms with Crippen molar-refractivity contribution in [2.45, 2.75) is 46.4 Å². The smallest absolute Gasteiger partial charge is 0.463 e. The maximum atomic E-state index is 12.9. The lowest BCUT2D eigenvalue weighted by Crippen LogP contribution is -2.48. The summed E-state index contributed by atoms with van der Waals surface area (Å²) in [6, 6.07) is 2.80. The first kappa shape index (κ1) is 22.7. The second kappa shape index (κ2) is 9.91. The molecule has 9 heteroatoms. The number of carbonyl (C=O) groups excluding carboxylic acids is 2. The maximum Gasteiger partial charge on any atom is 0.492 e. The zero-order valence-electron chi connectivity index (χ0n) is 18.1. The van der Waals surface area contributed by atoms with Crippen LogP contribution in [0, 0.1) is 12.8 Å². The molecule has 3 rings (SSSR count). The van der Waals surface area contributed by atoms with Crippen LogP contribution in [0.5, 0.6) is 0 Å². The van der Waals surface area contributed by atoms with Crippen LogP contribution in [0.4, 0.5) is 0 Å². The molecule has 2 aliphatic heterocycles. The number of morpholine rings is 1. The zero-order valence-corrected chi connectivity index (χ0v) is 18.1. The highest BCUT2D eigenvalue weighted by atomic mass is 16.5. The minimum Gasteiger partial charge on any atom is -0.463 e. The number of amides is 1. The van der Waals surface area contributed by atoms with E-state index in [0.29, 0.717) is 36.4 Å². The summed E-state index contributed by atoms with van der Waals surface area (Å²) >= 11 is 0. The van der Waals surface area contributed by atoms with E-state index in [1.54, 1.807) is 19.1 Å². The van der Waals surface area contributed by atoms with Gasteiger partial charge in [-0.15, -0.1) is 0 Å². The topological polar surface area (TPSA) is 97.3 Å². The van der Waals surface area contributed by atoms with Gasteiger partial charge in [0.25, 0.3) is 5.91 Å². The van der Waals surface area contributed by atoms with E-state index >= 15 is 0 Å². The number of nitrogens with zero attached hydrogens (tertiary/aromatic N) is 1. The van der Waals surface area contributed by atoms with Crippen LogP contribution >= 0.6 is 0 Å². The number of nitrogens with one attached hydrogen (secondary N) is 1. The molecule has 0 saturated carbocycles. The molecule has 0 radical (unpaired) electrons. The van der Waals surface area contributed by atoms with Gasteiger partial charge in [0, 0.05) is 24.7 Å². The van der Waals surface area contributed by atoms with Crippen LogP contribution in [0.3, 0.4) is 0 Å². The summed E-state index contributed by atoms with van der Waals surface area (Å²) in [5.41, 5.74) is 2.57. The van der Waals surface area contributed by atoms with Gasteiger partial charge in [-0.25, -0.2) is 4.79 Å². The van der Waals surface area contributed by atoms with Crippen molar-refractivity contribution < 1.29 is 28.7 Å². The SMILES string of the molecule is Cc1c(C(=O)N[C@H](C(=O)OCC(C)N2CCOCC2)C(C)C)ccc2c1B(O)OC2. The minimum absolute atomic E-state index is 0.0850. The summed E-state index contributed by atoms with van der Waals surface area (Å²) in [6.45, 7) is 11.1. The predicted octanol–water partition coefficient (Wildman–Crippen LogP) is 0.231. The van der Waals surface area contributed by atoms with Crippen molar-refractivity contribution in [3.05, 3.63) is 28.8 Å². The number of benzene rings is 1. The highest BCUT2D eigenvalue weighted by Gasteiger charge is 2.33. The van der Waals surface area contributed by atoms with Crippen LogP contribution in [-0.2, 0) is 25.5 Å². The van der Waals surface area contributed by atoms with Crippen molar-refractivity contribution in [1.29, 1.82) is 0 Å². The standard InChI is InChI=1S/C21H31BN2O6/c1-13(2)19(21(26)29-11-14(3)24-7-9-28-10-8-24)23-20(25)17-6-5-16-12-30-22(27)18(16)15(17)4/h5-6,13-14,19,27H,7-12H2,1-4H3,(H,23,25)/t14?,19-/m0/s1. The normalized spacial score (nSPS) is 18.8. The lowest BCUT2D eigenvalue weighted by Gasteiger charge is -2.32. The molecule has 0 bridgehead atoms. The van der Waals surface area contributed by atoms with Crippen LogP contribution < -0.4 is 10.8 Å². The molecule has 0 spiro atoms. The van der Waals surface area contributed by atoms with Crippen molar-refractivity contribution in [3.63, 3.8) is 0 Å². The first-order valence-electron chi connectivity index (χ1n) is 10.5. The molecule has 1 aromatic carbocycles. The number of esters is 1. The third kappa shape index (κ3) is 5.03. The van der Waals surface area contributed by atoms with Crippen LogP contribution in [-0.4, -0.2) is 73.9 Å². The fourth-order valence-electron chi connectivity index (χ4n) is 3.89. The van der Waals surface area contributed by atoms with Gasteiger partial charge in [0.05, 0.1) is 19.8 Å². The van der Waals surface area contributed by atoms with E-state index in [-0.39, 0.29) is 24.5 Å². The Kier molecular flexibility index (Phi) is 7.52. The number of hydrogen-bond donors (Lipinski definition) is 2. The van der Waals surface area contributed by atoms with Gasteiger partial charge >= 0.3 is 13.1 Å². The Bertz CT molecular complexity index is 781. The molecule has 8 nitrogen and oxygen atoms in total. The van der Waals surface area contributed by atoms with Crippen molar-refractivity contribution in [3.8, 4) is 0 Å². The van der Waals surface area contributed by atoms with Crippen molar-refractivity contribution in [2.75, 3.05) is 32.9 Å². The third-order valence-corrected chi connectivity index (χ3v) is 5.84. The Morgan fingerprint density at radius 1 is 1.27 bits per heavy atom. The second-order valence-corrected chi connectivity index (χ2v) is 8.30. The molecule has 1 aromatic rings. The third-order valence-electron chi connectivity index (χ3n) is 5.84. The Hall–Kier alpha value is -1.94. The molecule has 1 amide bonds. The lowest BCUT2D eigenvalue weighted by atomic mass is 9.75. The summed E-state index contributed by atoms with van der Waals surface area (Å²) in [7, 11) is -1.03. The van der Waals surface area contributed by atoms with Crippen molar-refractivity contribution in [2.24, 2.45) is 5.92 Å². The van der Waals surface area contributed by atoms with Gasteiger partial charge in [0.15, 0.2) is 0 Å². The summed E-state index contributed by atoms with van der Waals surface area (Å²) in [5.74, 6) is -0.948. The summed E-state index contributed by atoms with van der Waals surface area (Å²) in [6.07, 6.45) is 0. The zero-order chi connectivity index (χ0) is 21.8. The molecule has 30 heavy (non-hydrogen) atoms. The molecule has 2 heterocycles. The van der Waals surface area contributed by atoms with E-state index in [0.717, 1.165) is 18.7 Å². The highest BCUT2D eigenvalue weighted by Crippen LogP contribution is 2.17. The number of ether oxygens (including phenoxy) is 2.